The predicted molar refractivity (Wildman–Crippen MR) is 88.5 cm³/mol. The molecule has 2 rings (SSSR count). The van der Waals surface area contributed by atoms with Gasteiger partial charge in [0.05, 0.1) is 4.88 Å². The Morgan fingerprint density at radius 2 is 2.14 bits per heavy atom. The molecular weight excluding hydrogens is 352 g/mol. The van der Waals surface area contributed by atoms with Gasteiger partial charge in [0.15, 0.2) is 0 Å². The van der Waals surface area contributed by atoms with Gasteiger partial charge in [0.25, 0.3) is 5.91 Å². The summed E-state index contributed by atoms with van der Waals surface area (Å²) in [5, 5.41) is 0. The zero-order valence-corrected chi connectivity index (χ0v) is 14.3. The third kappa shape index (κ3) is 4.06. The largest absolute Gasteiger partial charge is 0.488 e. The van der Waals surface area contributed by atoms with Crippen LogP contribution in [-0.2, 0) is 6.61 Å². The highest BCUT2D eigenvalue weighted by Crippen LogP contribution is 2.30. The molecule has 0 saturated heterocycles. The van der Waals surface area contributed by atoms with Crippen molar-refractivity contribution in [2.75, 3.05) is 0 Å². The number of benzene rings is 1. The van der Waals surface area contributed by atoms with Crippen LogP contribution in [0.4, 0.5) is 0 Å². The second-order valence-electron chi connectivity index (χ2n) is 4.86. The first kappa shape index (κ1) is 16.0. The van der Waals surface area contributed by atoms with E-state index < -0.39 is 0 Å². The third-order valence-electron chi connectivity index (χ3n) is 2.98. The molecule has 1 heterocycles. The molecule has 3 N–H and O–H groups in total. The molecule has 0 aliphatic heterocycles. The third-order valence-corrected chi connectivity index (χ3v) is 4.53. The maximum Gasteiger partial charge on any atom is 0.275 e. The summed E-state index contributed by atoms with van der Waals surface area (Å²) in [4.78, 5) is 13.0. The van der Waals surface area contributed by atoms with Crippen molar-refractivity contribution in [1.82, 2.24) is 5.43 Å². The molecule has 6 heteroatoms. The number of ether oxygens (including phenoxy) is 1. The zero-order chi connectivity index (χ0) is 15.4. The maximum atomic E-state index is 11.4. The van der Waals surface area contributed by atoms with E-state index in [2.05, 4.69) is 41.3 Å². The lowest BCUT2D eigenvalue weighted by molar-refractivity contribution is 0.0957. The number of rotatable bonds is 5. The van der Waals surface area contributed by atoms with Crippen LogP contribution in [0.25, 0.3) is 0 Å². The van der Waals surface area contributed by atoms with Crippen LogP contribution in [-0.4, -0.2) is 5.91 Å². The molecule has 2 aromatic rings. The number of thiophene rings is 1. The van der Waals surface area contributed by atoms with E-state index in [0.717, 1.165) is 20.7 Å². The van der Waals surface area contributed by atoms with E-state index in [-0.39, 0.29) is 5.91 Å². The van der Waals surface area contributed by atoms with Gasteiger partial charge in [0.1, 0.15) is 12.4 Å². The van der Waals surface area contributed by atoms with E-state index in [1.54, 1.807) is 6.07 Å². The van der Waals surface area contributed by atoms with E-state index in [1.165, 1.54) is 11.3 Å². The monoisotopic (exact) mass is 368 g/mol. The van der Waals surface area contributed by atoms with Gasteiger partial charge < -0.3 is 4.74 Å². The number of nitrogens with one attached hydrogen (secondary N) is 1. The molecule has 0 saturated carbocycles. The highest BCUT2D eigenvalue weighted by atomic mass is 79.9. The molecule has 1 aromatic heterocycles. The summed E-state index contributed by atoms with van der Waals surface area (Å²) < 4.78 is 6.93. The average Bonchev–Trinajstić information content (AvgIpc) is 2.93. The highest BCUT2D eigenvalue weighted by Gasteiger charge is 2.11. The Balaban J connectivity index is 2.09. The molecule has 0 spiro atoms. The van der Waals surface area contributed by atoms with E-state index in [1.807, 2.05) is 18.2 Å². The lowest BCUT2D eigenvalue weighted by Gasteiger charge is -2.14. The van der Waals surface area contributed by atoms with Crippen molar-refractivity contribution in [3.05, 3.63) is 50.1 Å². The molecule has 4 nitrogen and oxygen atoms in total. The van der Waals surface area contributed by atoms with E-state index in [0.29, 0.717) is 17.4 Å². The molecule has 112 valence electrons. The lowest BCUT2D eigenvalue weighted by atomic mass is 10.0. The fourth-order valence-corrected chi connectivity index (χ4v) is 3.10. The summed E-state index contributed by atoms with van der Waals surface area (Å²) in [6.45, 7) is 4.69. The number of nitrogen functional groups attached to an aromatic ring is 1. The van der Waals surface area contributed by atoms with Crippen molar-refractivity contribution in [3.63, 3.8) is 0 Å². The minimum Gasteiger partial charge on any atom is -0.488 e. The molecule has 0 bridgehead atoms. The molecule has 0 atom stereocenters. The minimum absolute atomic E-state index is 0.280. The number of carbonyl (C=O) groups is 1. The molecule has 0 fully saturated rings. The number of halogens is 1. The maximum absolute atomic E-state index is 11.4. The number of hydrazine groups is 1. The van der Waals surface area contributed by atoms with Crippen molar-refractivity contribution in [2.45, 2.75) is 26.4 Å². The molecule has 0 aliphatic carbocycles. The summed E-state index contributed by atoms with van der Waals surface area (Å²) >= 11 is 4.85. The van der Waals surface area contributed by atoms with Gasteiger partial charge in [0.2, 0.25) is 0 Å². The number of carbonyl (C=O) groups excluding carboxylic acids is 1. The molecule has 0 unspecified atom stereocenters. The van der Waals surface area contributed by atoms with Crippen molar-refractivity contribution >= 4 is 33.2 Å². The zero-order valence-electron chi connectivity index (χ0n) is 11.9. The van der Waals surface area contributed by atoms with Crippen molar-refractivity contribution in [3.8, 4) is 5.75 Å². The van der Waals surface area contributed by atoms with Crippen LogP contribution >= 0.6 is 27.3 Å². The summed E-state index contributed by atoms with van der Waals surface area (Å²) in [7, 11) is 0. The van der Waals surface area contributed by atoms with Gasteiger partial charge in [0, 0.05) is 9.35 Å². The van der Waals surface area contributed by atoms with Crippen LogP contribution in [0.15, 0.2) is 34.8 Å². The molecule has 1 aromatic carbocycles. The average molecular weight is 369 g/mol. The summed E-state index contributed by atoms with van der Waals surface area (Å²) in [6.07, 6.45) is 0. The van der Waals surface area contributed by atoms with E-state index in [9.17, 15) is 4.79 Å². The standard InChI is InChI=1S/C15H17BrN2O2S/c1-9(2)12-7-10(16)3-5-13(12)20-8-11-4-6-14(21-11)15(19)18-17/h3-7,9H,8,17H2,1-2H3,(H,18,19). The van der Waals surface area contributed by atoms with Gasteiger partial charge in [-0.1, -0.05) is 29.8 Å². The van der Waals surface area contributed by atoms with E-state index in [4.69, 9.17) is 10.6 Å². The Kier molecular flexibility index (Phi) is 5.39. The number of hydrogen-bond donors (Lipinski definition) is 2. The van der Waals surface area contributed by atoms with Gasteiger partial charge in [-0.3, -0.25) is 10.2 Å². The second-order valence-corrected chi connectivity index (χ2v) is 6.95. The Bertz CT molecular complexity index is 640. The Labute approximate surface area is 136 Å². The first-order valence-corrected chi connectivity index (χ1v) is 8.14. The number of hydrogen-bond acceptors (Lipinski definition) is 4. The van der Waals surface area contributed by atoms with Gasteiger partial charge in [-0.15, -0.1) is 11.3 Å². The quantitative estimate of drug-likeness (QED) is 0.479. The SMILES string of the molecule is CC(C)c1cc(Br)ccc1OCc1ccc(C(=O)NN)s1. The summed E-state index contributed by atoms with van der Waals surface area (Å²) in [5.74, 6) is 6.08. The lowest BCUT2D eigenvalue weighted by Crippen LogP contribution is -2.29. The Morgan fingerprint density at radius 1 is 1.38 bits per heavy atom. The second kappa shape index (κ2) is 7.06. The fraction of sp³-hybridized carbons (Fsp3) is 0.267. The topological polar surface area (TPSA) is 64.3 Å². The normalized spacial score (nSPS) is 10.7. The predicted octanol–water partition coefficient (Wildman–Crippen LogP) is 3.82. The smallest absolute Gasteiger partial charge is 0.275 e. The van der Waals surface area contributed by atoms with Crippen LogP contribution in [0.3, 0.4) is 0 Å². The molecule has 1 amide bonds. The van der Waals surface area contributed by atoms with E-state index >= 15 is 0 Å². The first-order valence-electron chi connectivity index (χ1n) is 6.53. The number of amides is 1. The Morgan fingerprint density at radius 3 is 2.81 bits per heavy atom. The van der Waals surface area contributed by atoms with Crippen molar-refractivity contribution in [2.24, 2.45) is 5.84 Å². The van der Waals surface area contributed by atoms with Gasteiger partial charge in [-0.05, 0) is 41.8 Å². The van der Waals surface area contributed by atoms with Gasteiger partial charge in [-0.2, -0.15) is 0 Å². The fourth-order valence-electron chi connectivity index (χ4n) is 1.90. The van der Waals surface area contributed by atoms with Crippen LogP contribution < -0.4 is 16.0 Å². The Hall–Kier alpha value is -1.37. The number of nitrogens with two attached hydrogens (primary N) is 1. The molecule has 0 radical (unpaired) electrons. The van der Waals surface area contributed by atoms with Crippen LogP contribution in [0.5, 0.6) is 5.75 Å². The first-order chi connectivity index (χ1) is 10.0. The minimum atomic E-state index is -0.280. The summed E-state index contributed by atoms with van der Waals surface area (Å²) in [6, 6.07) is 9.62. The van der Waals surface area contributed by atoms with Crippen LogP contribution in [0, 0.1) is 0 Å². The van der Waals surface area contributed by atoms with Gasteiger partial charge in [-0.25, -0.2) is 5.84 Å². The van der Waals surface area contributed by atoms with Crippen molar-refractivity contribution in [1.29, 1.82) is 0 Å². The van der Waals surface area contributed by atoms with Crippen LogP contribution in [0.1, 0.15) is 39.9 Å². The molecule has 0 aliphatic rings. The van der Waals surface area contributed by atoms with Crippen LogP contribution in [0.2, 0.25) is 0 Å². The summed E-state index contributed by atoms with van der Waals surface area (Å²) in [5.41, 5.74) is 3.28. The highest BCUT2D eigenvalue weighted by molar-refractivity contribution is 9.10. The molecular formula is C15H17BrN2O2S. The van der Waals surface area contributed by atoms with Crippen molar-refractivity contribution < 1.29 is 9.53 Å². The molecule has 21 heavy (non-hydrogen) atoms. The van der Waals surface area contributed by atoms with Gasteiger partial charge >= 0.3 is 0 Å².